The smallest absolute Gasteiger partial charge is 0.180 e. The summed E-state index contributed by atoms with van der Waals surface area (Å²) in [6.45, 7) is 3.35. The topological polar surface area (TPSA) is 51.2 Å². The van der Waals surface area contributed by atoms with Gasteiger partial charge in [-0.05, 0) is 13.3 Å². The van der Waals surface area contributed by atoms with Crippen molar-refractivity contribution in [3.05, 3.63) is 35.9 Å². The summed E-state index contributed by atoms with van der Waals surface area (Å²) in [7, 11) is 0. The molecule has 0 aromatic heterocycles. The fourth-order valence-electron chi connectivity index (χ4n) is 2.02. The second-order valence-electron chi connectivity index (χ2n) is 4.70. The second kappa shape index (κ2) is 7.62. The van der Waals surface area contributed by atoms with Crippen LogP contribution in [0.5, 0.6) is 0 Å². The van der Waals surface area contributed by atoms with Crippen molar-refractivity contribution in [2.75, 3.05) is 0 Å². The third-order valence-corrected chi connectivity index (χ3v) is 3.08. The summed E-state index contributed by atoms with van der Waals surface area (Å²) < 4.78 is 0. The molecule has 0 N–H and O–H groups in total. The van der Waals surface area contributed by atoms with Crippen LogP contribution in [0.15, 0.2) is 30.3 Å². The molecule has 3 nitrogen and oxygen atoms in total. The highest BCUT2D eigenvalue weighted by Gasteiger charge is 2.30. The average Bonchev–Trinajstić information content (AvgIpc) is 2.39. The van der Waals surface area contributed by atoms with Crippen LogP contribution in [-0.4, -0.2) is 17.3 Å². The van der Waals surface area contributed by atoms with E-state index < -0.39 is 5.92 Å². The predicted octanol–water partition coefficient (Wildman–Crippen LogP) is 3.22. The van der Waals surface area contributed by atoms with Gasteiger partial charge in [-0.15, -0.1) is 0 Å². The van der Waals surface area contributed by atoms with Gasteiger partial charge in [0, 0.05) is 12.0 Å². The molecule has 102 valence electrons. The van der Waals surface area contributed by atoms with Crippen LogP contribution >= 0.6 is 0 Å². The minimum atomic E-state index is -1.13. The summed E-state index contributed by atoms with van der Waals surface area (Å²) in [5.74, 6) is -2.13. The van der Waals surface area contributed by atoms with Gasteiger partial charge >= 0.3 is 0 Å². The fraction of sp³-hybridized carbons (Fsp3) is 0.438. The summed E-state index contributed by atoms with van der Waals surface area (Å²) in [5.41, 5.74) is 0.423. The van der Waals surface area contributed by atoms with Crippen LogP contribution in [0, 0.1) is 5.92 Å². The van der Waals surface area contributed by atoms with E-state index in [9.17, 15) is 14.4 Å². The van der Waals surface area contributed by atoms with Crippen LogP contribution in [0.3, 0.4) is 0 Å². The van der Waals surface area contributed by atoms with Crippen molar-refractivity contribution >= 4 is 17.3 Å². The molecule has 0 saturated carbocycles. The summed E-state index contributed by atoms with van der Waals surface area (Å²) in [5, 5.41) is 0. The van der Waals surface area contributed by atoms with Crippen LogP contribution < -0.4 is 0 Å². The van der Waals surface area contributed by atoms with E-state index in [1.807, 2.05) is 6.92 Å². The number of carbonyl (C=O) groups is 3. The number of ketones is 3. The van der Waals surface area contributed by atoms with Crippen LogP contribution in [0.1, 0.15) is 49.9 Å². The lowest BCUT2D eigenvalue weighted by atomic mass is 9.88. The quantitative estimate of drug-likeness (QED) is 0.409. The minimum Gasteiger partial charge on any atom is -0.299 e. The van der Waals surface area contributed by atoms with Crippen LogP contribution in [0.25, 0.3) is 0 Å². The summed E-state index contributed by atoms with van der Waals surface area (Å²) in [6, 6.07) is 8.52. The maximum absolute atomic E-state index is 12.2. The first kappa shape index (κ1) is 15.3. The van der Waals surface area contributed by atoms with Gasteiger partial charge in [0.15, 0.2) is 11.6 Å². The molecule has 0 radical (unpaired) electrons. The lowest BCUT2D eigenvalue weighted by Crippen LogP contribution is -2.30. The Kier molecular flexibility index (Phi) is 6.13. The number of unbranched alkanes of at least 4 members (excludes halogenated alkanes) is 2. The SMILES string of the molecule is CCCCCC(=O)C(C(C)=O)C(=O)c1ccccc1. The van der Waals surface area contributed by atoms with Gasteiger partial charge in [0.05, 0.1) is 0 Å². The molecule has 19 heavy (non-hydrogen) atoms. The standard InChI is InChI=1S/C16H20O3/c1-3-4-6-11-14(18)15(12(2)17)16(19)13-9-7-5-8-10-13/h5,7-10,15H,3-4,6,11H2,1-2H3. The molecule has 0 spiro atoms. The third kappa shape index (κ3) is 4.43. The van der Waals surface area contributed by atoms with Gasteiger partial charge < -0.3 is 0 Å². The Morgan fingerprint density at radius 1 is 1.05 bits per heavy atom. The van der Waals surface area contributed by atoms with E-state index in [1.54, 1.807) is 30.3 Å². The van der Waals surface area contributed by atoms with Gasteiger partial charge in [-0.1, -0.05) is 50.1 Å². The van der Waals surface area contributed by atoms with Crippen LogP contribution in [0.4, 0.5) is 0 Å². The number of hydrogen-bond acceptors (Lipinski definition) is 3. The highest BCUT2D eigenvalue weighted by molar-refractivity contribution is 6.23. The molecular weight excluding hydrogens is 240 g/mol. The Labute approximate surface area is 114 Å². The molecule has 0 heterocycles. The molecule has 0 amide bonds. The van der Waals surface area contributed by atoms with Crippen molar-refractivity contribution in [3.8, 4) is 0 Å². The lowest BCUT2D eigenvalue weighted by molar-refractivity contribution is -0.129. The molecule has 0 saturated heterocycles. The lowest BCUT2D eigenvalue weighted by Gasteiger charge is -2.11. The number of rotatable bonds is 8. The van der Waals surface area contributed by atoms with E-state index in [-0.39, 0.29) is 17.3 Å². The maximum Gasteiger partial charge on any atom is 0.180 e. The largest absolute Gasteiger partial charge is 0.299 e. The maximum atomic E-state index is 12.2. The average molecular weight is 260 g/mol. The van der Waals surface area contributed by atoms with Gasteiger partial charge in [0.1, 0.15) is 11.7 Å². The van der Waals surface area contributed by atoms with Gasteiger partial charge in [-0.2, -0.15) is 0 Å². The van der Waals surface area contributed by atoms with Crippen molar-refractivity contribution in [2.45, 2.75) is 39.5 Å². The normalized spacial score (nSPS) is 11.9. The van der Waals surface area contributed by atoms with E-state index in [0.29, 0.717) is 12.0 Å². The molecule has 0 aliphatic rings. The van der Waals surface area contributed by atoms with Gasteiger partial charge in [-0.3, -0.25) is 14.4 Å². The van der Waals surface area contributed by atoms with Crippen molar-refractivity contribution in [3.63, 3.8) is 0 Å². The van der Waals surface area contributed by atoms with E-state index in [0.717, 1.165) is 19.3 Å². The minimum absolute atomic E-state index is 0.255. The molecule has 0 bridgehead atoms. The molecule has 1 aromatic carbocycles. The number of carbonyl (C=O) groups excluding carboxylic acids is 3. The predicted molar refractivity (Wildman–Crippen MR) is 74.1 cm³/mol. The molecular formula is C16H20O3. The zero-order valence-electron chi connectivity index (χ0n) is 11.5. The summed E-state index contributed by atoms with van der Waals surface area (Å²) >= 11 is 0. The second-order valence-corrected chi connectivity index (χ2v) is 4.70. The van der Waals surface area contributed by atoms with E-state index in [2.05, 4.69) is 0 Å². The van der Waals surface area contributed by atoms with E-state index in [4.69, 9.17) is 0 Å². The first-order valence-electron chi connectivity index (χ1n) is 6.70. The molecule has 1 atom stereocenters. The van der Waals surface area contributed by atoms with Gasteiger partial charge in [-0.25, -0.2) is 0 Å². The highest BCUT2D eigenvalue weighted by atomic mass is 16.2. The molecule has 1 rings (SSSR count). The van der Waals surface area contributed by atoms with E-state index in [1.165, 1.54) is 6.92 Å². The summed E-state index contributed by atoms with van der Waals surface area (Å²) in [6.07, 6.45) is 2.98. The molecule has 0 aliphatic heterocycles. The number of hydrogen-bond donors (Lipinski definition) is 0. The zero-order valence-corrected chi connectivity index (χ0v) is 11.5. The Morgan fingerprint density at radius 3 is 2.21 bits per heavy atom. The number of Topliss-reactive ketones (excluding diaryl/α,β-unsaturated/α-hetero) is 3. The van der Waals surface area contributed by atoms with Crippen molar-refractivity contribution in [1.29, 1.82) is 0 Å². The molecule has 0 fully saturated rings. The van der Waals surface area contributed by atoms with Crippen LogP contribution in [0.2, 0.25) is 0 Å². The molecule has 1 unspecified atom stereocenters. The Morgan fingerprint density at radius 2 is 1.68 bits per heavy atom. The third-order valence-electron chi connectivity index (χ3n) is 3.08. The molecule has 0 aliphatic carbocycles. The van der Waals surface area contributed by atoms with Crippen LogP contribution in [-0.2, 0) is 9.59 Å². The van der Waals surface area contributed by atoms with E-state index >= 15 is 0 Å². The molecule has 3 heteroatoms. The summed E-state index contributed by atoms with van der Waals surface area (Å²) in [4.78, 5) is 35.8. The highest BCUT2D eigenvalue weighted by Crippen LogP contribution is 2.15. The zero-order chi connectivity index (χ0) is 14.3. The van der Waals surface area contributed by atoms with Crippen molar-refractivity contribution < 1.29 is 14.4 Å². The first-order valence-corrected chi connectivity index (χ1v) is 6.70. The van der Waals surface area contributed by atoms with Gasteiger partial charge in [0.25, 0.3) is 0 Å². The van der Waals surface area contributed by atoms with Crippen molar-refractivity contribution in [2.24, 2.45) is 5.92 Å². The number of benzene rings is 1. The van der Waals surface area contributed by atoms with Crippen molar-refractivity contribution in [1.82, 2.24) is 0 Å². The molecule has 1 aromatic rings. The van der Waals surface area contributed by atoms with Gasteiger partial charge in [0.2, 0.25) is 0 Å². The Balaban J connectivity index is 2.80. The first-order chi connectivity index (χ1) is 9.07. The Bertz CT molecular complexity index is 448. The fourth-order valence-corrected chi connectivity index (χ4v) is 2.02. The Hall–Kier alpha value is -1.77. The monoisotopic (exact) mass is 260 g/mol.